The van der Waals surface area contributed by atoms with Gasteiger partial charge < -0.3 is 14.5 Å². The van der Waals surface area contributed by atoms with E-state index in [-0.39, 0.29) is 24.7 Å². The lowest BCUT2D eigenvalue weighted by molar-refractivity contribution is -0.123. The summed E-state index contributed by atoms with van der Waals surface area (Å²) in [6, 6.07) is 11.6. The monoisotopic (exact) mass is 377 g/mol. The molecule has 28 heavy (non-hydrogen) atoms. The molecule has 0 saturated carbocycles. The first-order valence-corrected chi connectivity index (χ1v) is 8.52. The molecule has 2 aromatic heterocycles. The van der Waals surface area contributed by atoms with Gasteiger partial charge in [0, 0.05) is 41.0 Å². The largest absolute Gasteiger partial charge is 0.467 e. The Kier molecular flexibility index (Phi) is 5.99. The molecule has 0 atom stereocenters. The molecule has 0 saturated heterocycles. The van der Waals surface area contributed by atoms with E-state index in [0.717, 1.165) is 16.5 Å². The summed E-state index contributed by atoms with van der Waals surface area (Å²) in [6.45, 7) is 1.71. The third-order valence-electron chi connectivity index (χ3n) is 3.96. The van der Waals surface area contributed by atoms with Crippen molar-refractivity contribution in [2.45, 2.75) is 13.5 Å². The first-order valence-electron chi connectivity index (χ1n) is 8.52. The Labute approximate surface area is 161 Å². The van der Waals surface area contributed by atoms with Gasteiger partial charge in [-0.3, -0.25) is 4.79 Å². The molecule has 0 unspecified atom stereocenters. The lowest BCUT2D eigenvalue weighted by Crippen LogP contribution is -2.25. The molecule has 0 aliphatic heterocycles. The number of ether oxygens (including phenoxy) is 2. The second-order valence-corrected chi connectivity index (χ2v) is 6.02. The van der Waals surface area contributed by atoms with Crippen molar-refractivity contribution in [2.75, 3.05) is 13.7 Å². The molecule has 8 heteroatoms. The fraction of sp³-hybridized carbons (Fsp3) is 0.200. The number of H-pyrrole nitrogens is 1. The van der Waals surface area contributed by atoms with Gasteiger partial charge >= 0.3 is 0 Å². The zero-order valence-corrected chi connectivity index (χ0v) is 15.5. The van der Waals surface area contributed by atoms with Crippen LogP contribution in [-0.2, 0) is 16.1 Å². The number of hydrogen-bond acceptors (Lipinski definition) is 6. The molecule has 0 aliphatic rings. The minimum Gasteiger partial charge on any atom is -0.467 e. The number of pyridine rings is 1. The third kappa shape index (κ3) is 4.34. The minimum atomic E-state index is -0.462. The maximum absolute atomic E-state index is 12.0. The van der Waals surface area contributed by atoms with E-state index in [9.17, 15) is 10.1 Å². The van der Waals surface area contributed by atoms with E-state index in [1.165, 1.54) is 7.11 Å². The summed E-state index contributed by atoms with van der Waals surface area (Å²) >= 11 is 0. The van der Waals surface area contributed by atoms with Gasteiger partial charge in [0.05, 0.1) is 12.8 Å². The first kappa shape index (κ1) is 19.1. The molecule has 3 rings (SSSR count). The number of hydrogen-bond donors (Lipinski definition) is 2. The summed E-state index contributed by atoms with van der Waals surface area (Å²) in [4.78, 5) is 19.3. The van der Waals surface area contributed by atoms with Crippen molar-refractivity contribution in [3.63, 3.8) is 0 Å². The van der Waals surface area contributed by atoms with E-state index < -0.39 is 5.91 Å². The zero-order valence-electron chi connectivity index (χ0n) is 15.5. The number of carbonyl (C=O) groups is 1. The minimum absolute atomic E-state index is 0.102. The van der Waals surface area contributed by atoms with Crippen LogP contribution >= 0.6 is 0 Å². The molecule has 8 nitrogen and oxygen atoms in total. The van der Waals surface area contributed by atoms with Crippen LogP contribution in [0.5, 0.6) is 5.88 Å². The second-order valence-electron chi connectivity index (χ2n) is 6.02. The summed E-state index contributed by atoms with van der Waals surface area (Å²) in [7, 11) is 1.54. The number of nitrogens with one attached hydrogen (secondary N) is 2. The van der Waals surface area contributed by atoms with Crippen LogP contribution < -0.4 is 10.2 Å². The quantitative estimate of drug-likeness (QED) is 0.485. The predicted molar refractivity (Wildman–Crippen MR) is 104 cm³/mol. The number of amides is 1. The molecule has 2 N–H and O–H groups in total. The van der Waals surface area contributed by atoms with Crippen molar-refractivity contribution >= 4 is 23.0 Å². The fourth-order valence-electron chi connectivity index (χ4n) is 2.74. The molecular weight excluding hydrogens is 358 g/mol. The van der Waals surface area contributed by atoms with Crippen LogP contribution in [0.1, 0.15) is 22.4 Å². The molecule has 2 heterocycles. The molecule has 3 aromatic rings. The Balaban J connectivity index is 1.62. The van der Waals surface area contributed by atoms with Gasteiger partial charge in [-0.05, 0) is 19.1 Å². The SMILES string of the molecule is COCc1cc(C)nc(OCC(=O)NN=Cc2c[nH]c3ccccc23)c1C#N. The van der Waals surface area contributed by atoms with Crippen LogP contribution in [0.3, 0.4) is 0 Å². The van der Waals surface area contributed by atoms with Gasteiger partial charge in [0.15, 0.2) is 6.61 Å². The number of nitriles is 1. The number of nitrogens with zero attached hydrogens (tertiary/aromatic N) is 3. The Hall–Kier alpha value is -3.70. The lowest BCUT2D eigenvalue weighted by atomic mass is 10.1. The summed E-state index contributed by atoms with van der Waals surface area (Å²) < 4.78 is 10.5. The standard InChI is InChI=1S/C20H19N5O3/c1-13-7-14(11-27-2)17(8-21)20(24-13)28-12-19(26)25-23-10-15-9-22-18-6-4-3-5-16(15)18/h3-7,9-10,22H,11-12H2,1-2H3,(H,25,26). The lowest BCUT2D eigenvalue weighted by Gasteiger charge is -2.10. The van der Waals surface area contributed by atoms with Gasteiger partial charge in [-0.25, -0.2) is 10.4 Å². The Morgan fingerprint density at radius 2 is 2.25 bits per heavy atom. The summed E-state index contributed by atoms with van der Waals surface area (Å²) in [5, 5.41) is 14.3. The highest BCUT2D eigenvalue weighted by molar-refractivity contribution is 5.99. The summed E-state index contributed by atoms with van der Waals surface area (Å²) in [5.74, 6) is -0.359. The van der Waals surface area contributed by atoms with E-state index in [1.807, 2.05) is 36.5 Å². The van der Waals surface area contributed by atoms with Crippen molar-refractivity contribution in [3.05, 3.63) is 58.9 Å². The summed E-state index contributed by atoms with van der Waals surface area (Å²) in [6.07, 6.45) is 3.36. The first-order chi connectivity index (χ1) is 13.6. The van der Waals surface area contributed by atoms with Crippen molar-refractivity contribution < 1.29 is 14.3 Å². The summed E-state index contributed by atoms with van der Waals surface area (Å²) in [5.41, 5.74) is 5.82. The topological polar surface area (TPSA) is 112 Å². The van der Waals surface area contributed by atoms with E-state index in [0.29, 0.717) is 11.3 Å². The van der Waals surface area contributed by atoms with Crippen LogP contribution in [0.15, 0.2) is 41.6 Å². The molecule has 1 aromatic carbocycles. The number of hydrazone groups is 1. The smallest absolute Gasteiger partial charge is 0.278 e. The van der Waals surface area contributed by atoms with E-state index in [2.05, 4.69) is 20.5 Å². The Bertz CT molecular complexity index is 1070. The van der Waals surface area contributed by atoms with Crippen LogP contribution in [0, 0.1) is 18.3 Å². The van der Waals surface area contributed by atoms with Gasteiger partial charge in [-0.15, -0.1) is 0 Å². The number of rotatable bonds is 7. The van der Waals surface area contributed by atoms with Crippen LogP contribution in [0.25, 0.3) is 10.9 Å². The highest BCUT2D eigenvalue weighted by Crippen LogP contribution is 2.21. The van der Waals surface area contributed by atoms with Gasteiger partial charge in [0.1, 0.15) is 11.6 Å². The van der Waals surface area contributed by atoms with E-state index in [1.54, 1.807) is 19.2 Å². The normalized spacial score (nSPS) is 10.9. The molecular formula is C20H19N5O3. The van der Waals surface area contributed by atoms with Crippen molar-refractivity contribution in [1.29, 1.82) is 5.26 Å². The number of fused-ring (bicyclic) bond motifs is 1. The predicted octanol–water partition coefficient (Wildman–Crippen LogP) is 2.42. The van der Waals surface area contributed by atoms with E-state index in [4.69, 9.17) is 9.47 Å². The number of methoxy groups -OCH3 is 1. The van der Waals surface area contributed by atoms with Gasteiger partial charge in [-0.2, -0.15) is 10.4 Å². The molecule has 0 aliphatic carbocycles. The average Bonchev–Trinajstić information content (AvgIpc) is 3.10. The van der Waals surface area contributed by atoms with Crippen molar-refractivity contribution in [3.8, 4) is 11.9 Å². The average molecular weight is 377 g/mol. The molecule has 1 amide bonds. The van der Waals surface area contributed by atoms with Crippen LogP contribution in [0.2, 0.25) is 0 Å². The fourth-order valence-corrected chi connectivity index (χ4v) is 2.74. The second kappa shape index (κ2) is 8.79. The van der Waals surface area contributed by atoms with E-state index >= 15 is 0 Å². The maximum Gasteiger partial charge on any atom is 0.278 e. The molecule has 0 bridgehead atoms. The molecule has 0 fully saturated rings. The van der Waals surface area contributed by atoms with Gasteiger partial charge in [0.2, 0.25) is 5.88 Å². The maximum atomic E-state index is 12.0. The third-order valence-corrected chi connectivity index (χ3v) is 3.96. The number of aryl methyl sites for hydroxylation is 1. The van der Waals surface area contributed by atoms with Crippen LogP contribution in [0.4, 0.5) is 0 Å². The Morgan fingerprint density at radius 3 is 3.04 bits per heavy atom. The number of aromatic nitrogens is 2. The highest BCUT2D eigenvalue weighted by atomic mass is 16.5. The number of aromatic amines is 1. The van der Waals surface area contributed by atoms with Gasteiger partial charge in [-0.1, -0.05) is 18.2 Å². The molecule has 0 radical (unpaired) electrons. The molecule has 0 spiro atoms. The number of para-hydroxylation sites is 1. The van der Waals surface area contributed by atoms with Gasteiger partial charge in [0.25, 0.3) is 5.91 Å². The number of benzene rings is 1. The highest BCUT2D eigenvalue weighted by Gasteiger charge is 2.14. The molecule has 142 valence electrons. The van der Waals surface area contributed by atoms with Crippen molar-refractivity contribution in [1.82, 2.24) is 15.4 Å². The van der Waals surface area contributed by atoms with Crippen LogP contribution in [-0.4, -0.2) is 35.8 Å². The Morgan fingerprint density at radius 1 is 1.43 bits per heavy atom. The number of carbonyl (C=O) groups excluding carboxylic acids is 1. The van der Waals surface area contributed by atoms with Crippen molar-refractivity contribution in [2.24, 2.45) is 5.10 Å². The zero-order chi connectivity index (χ0) is 19.9.